The van der Waals surface area contributed by atoms with Crippen LogP contribution in [0, 0.1) is 17.0 Å². The van der Waals surface area contributed by atoms with E-state index < -0.39 is 4.92 Å². The van der Waals surface area contributed by atoms with Crippen LogP contribution >= 0.6 is 0 Å². The zero-order valence-corrected chi connectivity index (χ0v) is 8.62. The number of hydrogen-bond acceptors (Lipinski definition) is 4. The second-order valence-corrected chi connectivity index (χ2v) is 2.96. The summed E-state index contributed by atoms with van der Waals surface area (Å²) in [5, 5.41) is 13.9. The molecule has 0 aliphatic rings. The fourth-order valence-corrected chi connectivity index (χ4v) is 1.12. The topological polar surface area (TPSA) is 121 Å². The second-order valence-electron chi connectivity index (χ2n) is 2.96. The first-order chi connectivity index (χ1) is 7.65. The van der Waals surface area contributed by atoms with Gasteiger partial charge in [-0.05, 0) is 23.0 Å². The number of aryl methyl sites for hydroxylation is 1. The van der Waals surface area contributed by atoms with E-state index in [0.29, 0.717) is 18.8 Å². The second kappa shape index (κ2) is 5.52. The molecule has 0 amide bonds. The minimum atomic E-state index is -0.521. The van der Waals surface area contributed by atoms with E-state index in [1.165, 1.54) is 6.08 Å². The minimum Gasteiger partial charge on any atom is -0.358 e. The van der Waals surface area contributed by atoms with Gasteiger partial charge in [0.25, 0.3) is 0 Å². The van der Waals surface area contributed by atoms with Crippen molar-refractivity contribution in [3.05, 3.63) is 38.2 Å². The van der Waals surface area contributed by atoms with E-state index >= 15 is 0 Å². The molecule has 0 aliphatic carbocycles. The number of H-pyrrole nitrogens is 1. The Kier molecular flexibility index (Phi) is 4.05. The van der Waals surface area contributed by atoms with Crippen LogP contribution in [0.3, 0.4) is 0 Å². The van der Waals surface area contributed by atoms with Gasteiger partial charge in [-0.2, -0.15) is 0 Å². The van der Waals surface area contributed by atoms with Crippen LogP contribution < -0.4 is 0 Å². The number of nitrogens with zero attached hydrogens (tertiary/aromatic N) is 5. The number of aromatic amines is 1. The van der Waals surface area contributed by atoms with Gasteiger partial charge in [-0.3, -0.25) is 0 Å². The molecule has 0 saturated heterocycles. The Bertz CT molecular complexity index is 457. The molecule has 84 valence electrons. The summed E-state index contributed by atoms with van der Waals surface area (Å²) in [4.78, 5) is 19.2. The first kappa shape index (κ1) is 11.7. The van der Waals surface area contributed by atoms with E-state index in [2.05, 4.69) is 20.0 Å². The molecule has 1 aromatic heterocycles. The Hall–Kier alpha value is -2.34. The molecule has 1 N–H and O–H groups in total. The lowest BCUT2D eigenvalue weighted by molar-refractivity contribution is -0.389. The molecule has 0 bridgehead atoms. The smallest absolute Gasteiger partial charge is 0.348 e. The molecule has 0 aromatic carbocycles. The zero-order chi connectivity index (χ0) is 12.0. The van der Waals surface area contributed by atoms with Crippen molar-refractivity contribution < 1.29 is 4.92 Å². The quantitative estimate of drug-likeness (QED) is 0.205. The molecule has 16 heavy (non-hydrogen) atoms. The molecular formula is C8H10N6O2. The molecule has 1 aromatic rings. The highest BCUT2D eigenvalue weighted by Gasteiger charge is 2.14. The van der Waals surface area contributed by atoms with E-state index in [-0.39, 0.29) is 11.5 Å². The highest BCUT2D eigenvalue weighted by molar-refractivity contribution is 5.54. The van der Waals surface area contributed by atoms with E-state index in [4.69, 9.17) is 5.53 Å². The van der Waals surface area contributed by atoms with E-state index in [0.717, 1.165) is 0 Å². The van der Waals surface area contributed by atoms with Crippen molar-refractivity contribution in [1.29, 1.82) is 0 Å². The molecule has 1 rings (SSSR count). The third-order valence-electron chi connectivity index (χ3n) is 1.75. The van der Waals surface area contributed by atoms with Gasteiger partial charge in [0, 0.05) is 18.4 Å². The lowest BCUT2D eigenvalue weighted by Gasteiger charge is -1.90. The molecule has 0 atom stereocenters. The van der Waals surface area contributed by atoms with Gasteiger partial charge >= 0.3 is 5.82 Å². The maximum atomic E-state index is 10.6. The Morgan fingerprint density at radius 3 is 3.12 bits per heavy atom. The zero-order valence-electron chi connectivity index (χ0n) is 8.62. The SMILES string of the molecule is Cc1nc(C=CCCN=[N+]=[N-])c([N+](=O)[O-])[nH]1. The number of aromatic nitrogens is 2. The molecule has 0 fully saturated rings. The third-order valence-corrected chi connectivity index (χ3v) is 1.75. The predicted molar refractivity (Wildman–Crippen MR) is 57.6 cm³/mol. The molecule has 8 nitrogen and oxygen atoms in total. The third kappa shape index (κ3) is 3.10. The lowest BCUT2D eigenvalue weighted by atomic mass is 10.3. The van der Waals surface area contributed by atoms with Gasteiger partial charge in [0.05, 0.1) is 0 Å². The number of nitrogens with one attached hydrogen (secondary N) is 1. The Morgan fingerprint density at radius 1 is 1.75 bits per heavy atom. The van der Waals surface area contributed by atoms with Crippen LogP contribution in [0.15, 0.2) is 11.2 Å². The van der Waals surface area contributed by atoms with Crippen LogP contribution in [0.1, 0.15) is 17.9 Å². The summed E-state index contributed by atoms with van der Waals surface area (Å²) in [6, 6.07) is 0. The molecule has 0 aliphatic heterocycles. The van der Waals surface area contributed by atoms with Crippen molar-refractivity contribution in [3.8, 4) is 0 Å². The summed E-state index contributed by atoms with van der Waals surface area (Å²) in [7, 11) is 0. The molecule has 0 spiro atoms. The van der Waals surface area contributed by atoms with E-state index in [1.807, 2.05) is 0 Å². The van der Waals surface area contributed by atoms with Gasteiger partial charge in [-0.15, -0.1) is 0 Å². The number of azide groups is 1. The number of nitro groups is 1. The van der Waals surface area contributed by atoms with Crippen LogP contribution in [0.4, 0.5) is 5.82 Å². The maximum absolute atomic E-state index is 10.6. The van der Waals surface area contributed by atoms with Crippen LogP contribution in [0.5, 0.6) is 0 Å². The first-order valence-corrected chi connectivity index (χ1v) is 4.53. The van der Waals surface area contributed by atoms with Crippen LogP contribution in [-0.4, -0.2) is 21.4 Å². The average Bonchev–Trinajstić information content (AvgIpc) is 2.59. The van der Waals surface area contributed by atoms with Gasteiger partial charge < -0.3 is 10.1 Å². The summed E-state index contributed by atoms with van der Waals surface area (Å²) in [5.41, 5.74) is 8.31. The van der Waals surface area contributed by atoms with E-state index in [9.17, 15) is 10.1 Å². The molecule has 8 heteroatoms. The van der Waals surface area contributed by atoms with Crippen molar-refractivity contribution >= 4 is 11.9 Å². The largest absolute Gasteiger partial charge is 0.358 e. The summed E-state index contributed by atoms with van der Waals surface area (Å²) < 4.78 is 0. The van der Waals surface area contributed by atoms with Crippen molar-refractivity contribution in [3.63, 3.8) is 0 Å². The number of hydrogen-bond donors (Lipinski definition) is 1. The standard InChI is InChI=1S/C8H10N6O2/c1-6-11-7(8(12-6)14(15)16)4-2-3-5-10-13-9/h2,4H,3,5H2,1H3,(H,11,12). The Morgan fingerprint density at radius 2 is 2.50 bits per heavy atom. The van der Waals surface area contributed by atoms with Gasteiger partial charge in [0.2, 0.25) is 0 Å². The number of imidazole rings is 1. The van der Waals surface area contributed by atoms with Crippen molar-refractivity contribution in [2.24, 2.45) is 5.11 Å². The van der Waals surface area contributed by atoms with Gasteiger partial charge in [-0.25, -0.2) is 9.97 Å². The van der Waals surface area contributed by atoms with Crippen LogP contribution in [-0.2, 0) is 0 Å². The molecule has 0 unspecified atom stereocenters. The fourth-order valence-electron chi connectivity index (χ4n) is 1.12. The van der Waals surface area contributed by atoms with Crippen molar-refractivity contribution in [2.75, 3.05) is 6.54 Å². The monoisotopic (exact) mass is 222 g/mol. The van der Waals surface area contributed by atoms with Crippen molar-refractivity contribution in [1.82, 2.24) is 9.97 Å². The highest BCUT2D eigenvalue weighted by Crippen LogP contribution is 2.16. The van der Waals surface area contributed by atoms with E-state index in [1.54, 1.807) is 13.0 Å². The minimum absolute atomic E-state index is 0.127. The van der Waals surface area contributed by atoms with Crippen LogP contribution in [0.25, 0.3) is 16.5 Å². The fraction of sp³-hybridized carbons (Fsp3) is 0.375. The van der Waals surface area contributed by atoms with Gasteiger partial charge in [-0.1, -0.05) is 11.2 Å². The summed E-state index contributed by atoms with van der Waals surface area (Å²) in [5.74, 6) is 0.360. The first-order valence-electron chi connectivity index (χ1n) is 4.53. The molecule has 1 heterocycles. The summed E-state index contributed by atoms with van der Waals surface area (Å²) in [6.07, 6.45) is 3.74. The molecule has 0 saturated carbocycles. The molecular weight excluding hydrogens is 212 g/mol. The normalized spacial score (nSPS) is 10.3. The predicted octanol–water partition coefficient (Wildman–Crippen LogP) is 2.34. The van der Waals surface area contributed by atoms with Gasteiger partial charge in [0.1, 0.15) is 0 Å². The summed E-state index contributed by atoms with van der Waals surface area (Å²) >= 11 is 0. The van der Waals surface area contributed by atoms with Crippen molar-refractivity contribution in [2.45, 2.75) is 13.3 Å². The lowest BCUT2D eigenvalue weighted by Crippen LogP contribution is -1.90. The Balaban J connectivity index is 2.72. The number of rotatable bonds is 5. The van der Waals surface area contributed by atoms with Crippen LogP contribution in [0.2, 0.25) is 0 Å². The van der Waals surface area contributed by atoms with Gasteiger partial charge in [0.15, 0.2) is 11.5 Å². The average molecular weight is 222 g/mol. The Labute approximate surface area is 90.8 Å². The maximum Gasteiger partial charge on any atom is 0.348 e. The molecule has 0 radical (unpaired) electrons. The summed E-state index contributed by atoms with van der Waals surface area (Å²) in [6.45, 7) is 1.97. The highest BCUT2D eigenvalue weighted by atomic mass is 16.6.